The monoisotopic (exact) mass is 245 g/mol. The quantitative estimate of drug-likeness (QED) is 0.813. The highest BCUT2D eigenvalue weighted by atomic mass is 16.5. The fourth-order valence-electron chi connectivity index (χ4n) is 2.40. The highest BCUT2D eigenvalue weighted by Gasteiger charge is 2.25. The minimum absolute atomic E-state index is 0.280. The van der Waals surface area contributed by atoms with Crippen LogP contribution in [0.3, 0.4) is 0 Å². The Balaban J connectivity index is 2.15. The molecular weight excluding hydrogens is 226 g/mol. The topological polar surface area (TPSA) is 39.5 Å². The van der Waals surface area contributed by atoms with Crippen molar-refractivity contribution in [3.63, 3.8) is 0 Å². The van der Waals surface area contributed by atoms with Crippen molar-refractivity contribution in [2.75, 3.05) is 38.7 Å². The molecule has 0 N–H and O–H groups in total. The molecule has 0 aliphatic carbocycles. The van der Waals surface area contributed by atoms with Crippen molar-refractivity contribution in [1.82, 2.24) is 4.90 Å². The van der Waals surface area contributed by atoms with Crippen LogP contribution >= 0.6 is 0 Å². The molecule has 2 rings (SSSR count). The lowest BCUT2D eigenvalue weighted by Crippen LogP contribution is -2.51. The summed E-state index contributed by atoms with van der Waals surface area (Å²) in [5, 5.41) is 8.94. The van der Waals surface area contributed by atoms with E-state index in [4.69, 9.17) is 10.00 Å². The zero-order valence-corrected chi connectivity index (χ0v) is 11.0. The molecule has 1 unspecified atom stereocenters. The first kappa shape index (κ1) is 12.7. The maximum Gasteiger partial charge on any atom is 0.119 e. The van der Waals surface area contributed by atoms with Crippen LogP contribution in [0, 0.1) is 11.3 Å². The van der Waals surface area contributed by atoms with E-state index in [1.54, 1.807) is 7.11 Å². The van der Waals surface area contributed by atoms with Crippen molar-refractivity contribution in [3.8, 4) is 11.8 Å². The summed E-state index contributed by atoms with van der Waals surface area (Å²) in [5.74, 6) is 0.865. The molecule has 96 valence electrons. The molecule has 0 bridgehead atoms. The third-order valence-corrected chi connectivity index (χ3v) is 3.42. The molecule has 0 saturated carbocycles. The van der Waals surface area contributed by atoms with Gasteiger partial charge >= 0.3 is 0 Å². The van der Waals surface area contributed by atoms with Gasteiger partial charge in [0.05, 0.1) is 25.6 Å². The number of hydrogen-bond acceptors (Lipinski definition) is 4. The fourth-order valence-corrected chi connectivity index (χ4v) is 2.40. The minimum Gasteiger partial charge on any atom is -0.497 e. The van der Waals surface area contributed by atoms with Gasteiger partial charge in [0.15, 0.2) is 0 Å². The number of ether oxygens (including phenoxy) is 1. The van der Waals surface area contributed by atoms with Gasteiger partial charge in [0.2, 0.25) is 0 Å². The maximum atomic E-state index is 8.94. The molecule has 0 aromatic heterocycles. The first-order valence-electron chi connectivity index (χ1n) is 6.21. The molecule has 0 radical (unpaired) electrons. The Hall–Kier alpha value is -1.73. The van der Waals surface area contributed by atoms with E-state index >= 15 is 0 Å². The van der Waals surface area contributed by atoms with Gasteiger partial charge in [-0.2, -0.15) is 5.26 Å². The van der Waals surface area contributed by atoms with Gasteiger partial charge in [-0.25, -0.2) is 0 Å². The number of hydrogen-bond donors (Lipinski definition) is 0. The standard InChI is InChI=1S/C14H19N3O/c1-16-9-10-17(13(11-16)7-8-15)12-3-5-14(18-2)6-4-12/h3-6,13H,7,9-11H2,1-2H3. The van der Waals surface area contributed by atoms with Crippen LogP contribution in [0.25, 0.3) is 0 Å². The highest BCUT2D eigenvalue weighted by Crippen LogP contribution is 2.24. The van der Waals surface area contributed by atoms with Crippen LogP contribution in [0.1, 0.15) is 6.42 Å². The fraction of sp³-hybridized carbons (Fsp3) is 0.500. The summed E-state index contributed by atoms with van der Waals surface area (Å²) in [6.45, 7) is 2.95. The number of rotatable bonds is 3. The van der Waals surface area contributed by atoms with Crippen LogP contribution < -0.4 is 9.64 Å². The summed E-state index contributed by atoms with van der Waals surface area (Å²) in [5.41, 5.74) is 1.17. The van der Waals surface area contributed by atoms with Crippen molar-refractivity contribution >= 4 is 5.69 Å². The van der Waals surface area contributed by atoms with E-state index in [0.717, 1.165) is 25.4 Å². The van der Waals surface area contributed by atoms with E-state index in [2.05, 4.69) is 35.0 Å². The number of benzene rings is 1. The van der Waals surface area contributed by atoms with Crippen molar-refractivity contribution in [1.29, 1.82) is 5.26 Å². The number of methoxy groups -OCH3 is 1. The highest BCUT2D eigenvalue weighted by molar-refractivity contribution is 5.50. The van der Waals surface area contributed by atoms with E-state index < -0.39 is 0 Å². The van der Waals surface area contributed by atoms with Gasteiger partial charge in [0.25, 0.3) is 0 Å². The van der Waals surface area contributed by atoms with Gasteiger partial charge in [-0.15, -0.1) is 0 Å². The van der Waals surface area contributed by atoms with Crippen LogP contribution in [0.15, 0.2) is 24.3 Å². The zero-order chi connectivity index (χ0) is 13.0. The van der Waals surface area contributed by atoms with Crippen LogP contribution in [-0.2, 0) is 0 Å². The molecule has 1 aromatic rings. The van der Waals surface area contributed by atoms with Crippen molar-refractivity contribution in [2.24, 2.45) is 0 Å². The van der Waals surface area contributed by atoms with Crippen molar-refractivity contribution in [3.05, 3.63) is 24.3 Å². The predicted octanol–water partition coefficient (Wildman–Crippen LogP) is 1.73. The molecule has 1 aromatic carbocycles. The Morgan fingerprint density at radius 3 is 2.67 bits per heavy atom. The lowest BCUT2D eigenvalue weighted by atomic mass is 10.1. The molecule has 1 atom stereocenters. The van der Waals surface area contributed by atoms with E-state index in [-0.39, 0.29) is 6.04 Å². The minimum atomic E-state index is 0.280. The van der Waals surface area contributed by atoms with Gasteiger partial charge in [-0.3, -0.25) is 0 Å². The summed E-state index contributed by atoms with van der Waals surface area (Å²) in [6, 6.07) is 10.6. The number of likely N-dealkylation sites (N-methyl/N-ethyl adjacent to an activating group) is 1. The van der Waals surface area contributed by atoms with Gasteiger partial charge in [0, 0.05) is 25.3 Å². The van der Waals surface area contributed by atoms with E-state index in [9.17, 15) is 0 Å². The molecule has 0 amide bonds. The SMILES string of the molecule is COc1ccc(N2CCN(C)CC2CC#N)cc1. The first-order chi connectivity index (χ1) is 8.74. The normalized spacial score (nSPS) is 20.5. The molecule has 1 heterocycles. The van der Waals surface area contributed by atoms with Crippen LogP contribution in [-0.4, -0.2) is 44.7 Å². The van der Waals surface area contributed by atoms with Gasteiger partial charge in [0.1, 0.15) is 5.75 Å². The molecule has 1 aliphatic rings. The van der Waals surface area contributed by atoms with E-state index in [1.807, 2.05) is 12.1 Å². The lowest BCUT2D eigenvalue weighted by molar-refractivity contribution is 0.268. The van der Waals surface area contributed by atoms with Gasteiger partial charge < -0.3 is 14.5 Å². The average Bonchev–Trinajstić information content (AvgIpc) is 2.40. The smallest absolute Gasteiger partial charge is 0.119 e. The second-order valence-corrected chi connectivity index (χ2v) is 4.67. The van der Waals surface area contributed by atoms with Crippen LogP contribution in [0.5, 0.6) is 5.75 Å². The Labute approximate surface area is 108 Å². The number of piperazine rings is 1. The predicted molar refractivity (Wildman–Crippen MR) is 71.9 cm³/mol. The molecule has 18 heavy (non-hydrogen) atoms. The Morgan fingerprint density at radius 1 is 1.33 bits per heavy atom. The summed E-state index contributed by atoms with van der Waals surface area (Å²) in [7, 11) is 3.78. The van der Waals surface area contributed by atoms with Crippen molar-refractivity contribution in [2.45, 2.75) is 12.5 Å². The zero-order valence-electron chi connectivity index (χ0n) is 11.0. The third kappa shape index (κ3) is 2.74. The summed E-state index contributed by atoms with van der Waals surface area (Å²) in [4.78, 5) is 4.60. The van der Waals surface area contributed by atoms with Gasteiger partial charge in [-0.1, -0.05) is 0 Å². The molecule has 0 spiro atoms. The second kappa shape index (κ2) is 5.74. The van der Waals surface area contributed by atoms with E-state index in [1.165, 1.54) is 5.69 Å². The Bertz CT molecular complexity index is 424. The number of anilines is 1. The van der Waals surface area contributed by atoms with Crippen molar-refractivity contribution < 1.29 is 4.74 Å². The Morgan fingerprint density at radius 2 is 2.06 bits per heavy atom. The number of nitrogens with zero attached hydrogens (tertiary/aromatic N) is 3. The van der Waals surface area contributed by atoms with Crippen LogP contribution in [0.2, 0.25) is 0 Å². The lowest BCUT2D eigenvalue weighted by Gasteiger charge is -2.40. The number of nitriles is 1. The molecule has 1 fully saturated rings. The molecule has 4 nitrogen and oxygen atoms in total. The average molecular weight is 245 g/mol. The van der Waals surface area contributed by atoms with Gasteiger partial charge in [-0.05, 0) is 31.3 Å². The molecule has 1 saturated heterocycles. The van der Waals surface area contributed by atoms with Crippen LogP contribution in [0.4, 0.5) is 5.69 Å². The Kier molecular flexibility index (Phi) is 4.06. The molecular formula is C14H19N3O. The van der Waals surface area contributed by atoms with E-state index in [0.29, 0.717) is 6.42 Å². The molecule has 1 aliphatic heterocycles. The third-order valence-electron chi connectivity index (χ3n) is 3.42. The largest absolute Gasteiger partial charge is 0.497 e. The summed E-state index contributed by atoms with van der Waals surface area (Å²) in [6.07, 6.45) is 0.566. The molecule has 4 heteroatoms. The summed E-state index contributed by atoms with van der Waals surface area (Å²) < 4.78 is 5.17. The first-order valence-corrected chi connectivity index (χ1v) is 6.21. The maximum absolute atomic E-state index is 8.94. The second-order valence-electron chi connectivity index (χ2n) is 4.67. The summed E-state index contributed by atoms with van der Waals surface area (Å²) >= 11 is 0.